The maximum Gasteiger partial charge on any atom is 0.288 e. The van der Waals surface area contributed by atoms with Crippen LogP contribution >= 0.6 is 0 Å². The molecular formula is C20H18N4O3S. The Morgan fingerprint density at radius 2 is 1.75 bits per heavy atom. The summed E-state index contributed by atoms with van der Waals surface area (Å²) in [5.41, 5.74) is 7.81. The van der Waals surface area contributed by atoms with E-state index in [1.165, 1.54) is 22.9 Å². The van der Waals surface area contributed by atoms with Crippen LogP contribution in [0.25, 0.3) is 10.9 Å². The van der Waals surface area contributed by atoms with E-state index in [4.69, 9.17) is 5.73 Å². The number of nitrogens with two attached hydrogens (primary N) is 1. The number of benzene rings is 2. The van der Waals surface area contributed by atoms with Crippen molar-refractivity contribution in [1.29, 1.82) is 0 Å². The predicted molar refractivity (Wildman–Crippen MR) is 107 cm³/mol. The van der Waals surface area contributed by atoms with Gasteiger partial charge in [-0.25, -0.2) is 13.5 Å². The van der Waals surface area contributed by atoms with Crippen LogP contribution in [0.1, 0.15) is 11.1 Å². The Balaban J connectivity index is 2.00. The van der Waals surface area contributed by atoms with Crippen LogP contribution in [0.15, 0.2) is 75.4 Å². The zero-order chi connectivity index (χ0) is 19.9. The Morgan fingerprint density at radius 3 is 2.43 bits per heavy atom. The molecule has 2 heterocycles. The molecule has 0 radical (unpaired) electrons. The first kappa shape index (κ1) is 18.0. The second-order valence-corrected chi connectivity index (χ2v) is 8.45. The maximum absolute atomic E-state index is 13.3. The predicted octanol–water partition coefficient (Wildman–Crippen LogP) is 2.50. The van der Waals surface area contributed by atoms with Gasteiger partial charge >= 0.3 is 0 Å². The number of hydrogen-bond donors (Lipinski definition) is 2. The van der Waals surface area contributed by atoms with Gasteiger partial charge in [0.05, 0.1) is 11.1 Å². The normalized spacial score (nSPS) is 11.8. The summed E-state index contributed by atoms with van der Waals surface area (Å²) in [7, 11) is -3.94. The van der Waals surface area contributed by atoms with E-state index >= 15 is 0 Å². The van der Waals surface area contributed by atoms with Crippen molar-refractivity contribution in [3.8, 4) is 0 Å². The Morgan fingerprint density at radius 1 is 1.07 bits per heavy atom. The van der Waals surface area contributed by atoms with Gasteiger partial charge < -0.3 is 10.3 Å². The van der Waals surface area contributed by atoms with Crippen LogP contribution in [0.3, 0.4) is 0 Å². The van der Waals surface area contributed by atoms with Crippen LogP contribution < -0.4 is 11.3 Å². The lowest BCUT2D eigenvalue weighted by atomic mass is 10.2. The molecule has 0 bridgehead atoms. The highest BCUT2D eigenvalue weighted by molar-refractivity contribution is 7.92. The van der Waals surface area contributed by atoms with E-state index in [9.17, 15) is 13.2 Å². The molecule has 8 heteroatoms. The molecule has 4 aromatic rings. The highest BCUT2D eigenvalue weighted by Crippen LogP contribution is 2.34. The van der Waals surface area contributed by atoms with Crippen molar-refractivity contribution < 1.29 is 8.42 Å². The summed E-state index contributed by atoms with van der Waals surface area (Å²) in [6.07, 6.45) is 1.33. The van der Waals surface area contributed by atoms with Gasteiger partial charge in [0.2, 0.25) is 9.84 Å². The van der Waals surface area contributed by atoms with Gasteiger partial charge in [-0.3, -0.25) is 4.79 Å². The monoisotopic (exact) mass is 394 g/mol. The third-order valence-electron chi connectivity index (χ3n) is 4.65. The van der Waals surface area contributed by atoms with Crippen LogP contribution in [0.5, 0.6) is 0 Å². The number of anilines is 1. The van der Waals surface area contributed by atoms with E-state index < -0.39 is 15.4 Å². The fraction of sp³-hybridized carbons (Fsp3) is 0.100. The summed E-state index contributed by atoms with van der Waals surface area (Å²) in [5.74, 6) is 0.0120. The van der Waals surface area contributed by atoms with Crippen molar-refractivity contribution in [3.63, 3.8) is 0 Å². The fourth-order valence-electron chi connectivity index (χ4n) is 3.25. The largest absolute Gasteiger partial charge is 0.384 e. The van der Waals surface area contributed by atoms with E-state index in [1.54, 1.807) is 12.1 Å². The molecule has 7 nitrogen and oxygen atoms in total. The zero-order valence-electron chi connectivity index (χ0n) is 15.1. The van der Waals surface area contributed by atoms with Gasteiger partial charge in [-0.1, -0.05) is 48.0 Å². The minimum atomic E-state index is -3.94. The average molecular weight is 394 g/mol. The number of nitrogens with zero attached hydrogens (tertiary/aromatic N) is 2. The molecule has 2 aromatic heterocycles. The standard InChI is InChI=1S/C20H18N4O3S/c1-13-7-9-15(10-8-13)28(26,27)18-16-11-22-23-20(25)17(16)24(19(18)21)12-14-5-3-2-4-6-14/h2-11H,12,21H2,1H3,(H,23,25). The van der Waals surface area contributed by atoms with Crippen molar-refractivity contribution in [1.82, 2.24) is 14.8 Å². The molecule has 0 atom stereocenters. The van der Waals surface area contributed by atoms with E-state index in [-0.39, 0.29) is 33.1 Å². The van der Waals surface area contributed by atoms with E-state index in [2.05, 4.69) is 10.2 Å². The van der Waals surface area contributed by atoms with Gasteiger partial charge in [0, 0.05) is 11.9 Å². The maximum atomic E-state index is 13.3. The highest BCUT2D eigenvalue weighted by atomic mass is 32.2. The third-order valence-corrected chi connectivity index (χ3v) is 6.51. The summed E-state index contributed by atoms with van der Waals surface area (Å²) < 4.78 is 28.2. The quantitative estimate of drug-likeness (QED) is 0.552. The Hall–Kier alpha value is -3.39. The number of nitrogens with one attached hydrogen (secondary N) is 1. The molecule has 0 aliphatic carbocycles. The molecule has 0 amide bonds. The van der Waals surface area contributed by atoms with Crippen molar-refractivity contribution in [2.45, 2.75) is 23.3 Å². The lowest BCUT2D eigenvalue weighted by molar-refractivity contribution is 0.597. The summed E-state index contributed by atoms with van der Waals surface area (Å²) in [4.78, 5) is 12.5. The molecule has 0 unspecified atom stereocenters. The second kappa shape index (κ2) is 6.65. The Bertz CT molecular complexity index is 1320. The number of nitrogen functional groups attached to an aromatic ring is 1. The van der Waals surface area contributed by atoms with Crippen LogP contribution in [0.4, 0.5) is 5.82 Å². The summed E-state index contributed by atoms with van der Waals surface area (Å²) in [5, 5.41) is 6.35. The van der Waals surface area contributed by atoms with Gasteiger partial charge in [-0.2, -0.15) is 5.10 Å². The summed E-state index contributed by atoms with van der Waals surface area (Å²) >= 11 is 0. The number of aromatic amines is 1. The van der Waals surface area contributed by atoms with E-state index in [0.29, 0.717) is 0 Å². The summed E-state index contributed by atoms with van der Waals surface area (Å²) in [6, 6.07) is 15.9. The van der Waals surface area contributed by atoms with Crippen molar-refractivity contribution >= 4 is 26.6 Å². The number of aromatic nitrogens is 3. The Labute approximate surface area is 161 Å². The molecule has 28 heavy (non-hydrogen) atoms. The first-order valence-corrected chi connectivity index (χ1v) is 10.1. The number of H-pyrrole nitrogens is 1. The third kappa shape index (κ3) is 2.87. The van der Waals surface area contributed by atoms with Crippen LogP contribution in [-0.4, -0.2) is 23.2 Å². The lowest BCUT2D eigenvalue weighted by Gasteiger charge is -2.09. The molecule has 0 spiro atoms. The number of aryl methyl sites for hydroxylation is 1. The second-order valence-electron chi connectivity index (χ2n) is 6.56. The van der Waals surface area contributed by atoms with E-state index in [0.717, 1.165) is 11.1 Å². The topological polar surface area (TPSA) is 111 Å². The van der Waals surface area contributed by atoms with Gasteiger partial charge in [0.25, 0.3) is 5.56 Å². The van der Waals surface area contributed by atoms with Crippen LogP contribution in [-0.2, 0) is 16.4 Å². The van der Waals surface area contributed by atoms with Crippen LogP contribution in [0.2, 0.25) is 0 Å². The van der Waals surface area contributed by atoms with Crippen molar-refractivity contribution in [2.75, 3.05) is 5.73 Å². The molecule has 0 fully saturated rings. The smallest absolute Gasteiger partial charge is 0.288 e. The average Bonchev–Trinajstić information content (AvgIpc) is 2.96. The Kier molecular flexibility index (Phi) is 4.27. The molecule has 3 N–H and O–H groups in total. The van der Waals surface area contributed by atoms with Gasteiger partial charge in [0.1, 0.15) is 16.2 Å². The molecular weight excluding hydrogens is 376 g/mol. The highest BCUT2D eigenvalue weighted by Gasteiger charge is 2.29. The lowest BCUT2D eigenvalue weighted by Crippen LogP contribution is -2.14. The molecule has 0 saturated heterocycles. The molecule has 0 aliphatic heterocycles. The number of sulfone groups is 1. The first-order valence-electron chi connectivity index (χ1n) is 8.60. The molecule has 0 aliphatic rings. The SMILES string of the molecule is Cc1ccc(S(=O)(=O)c2c(N)n(Cc3ccccc3)c3c(=O)[nH]ncc23)cc1. The van der Waals surface area contributed by atoms with Crippen molar-refractivity contribution in [3.05, 3.63) is 82.3 Å². The zero-order valence-corrected chi connectivity index (χ0v) is 15.9. The molecule has 0 saturated carbocycles. The van der Waals surface area contributed by atoms with Crippen LogP contribution in [0, 0.1) is 6.92 Å². The van der Waals surface area contributed by atoms with Gasteiger partial charge in [0.15, 0.2) is 0 Å². The van der Waals surface area contributed by atoms with Crippen molar-refractivity contribution in [2.24, 2.45) is 0 Å². The summed E-state index contributed by atoms with van der Waals surface area (Å²) in [6.45, 7) is 2.14. The number of rotatable bonds is 4. The molecule has 4 rings (SSSR count). The fourth-order valence-corrected chi connectivity index (χ4v) is 4.81. The number of hydrogen-bond acceptors (Lipinski definition) is 5. The van der Waals surface area contributed by atoms with E-state index in [1.807, 2.05) is 37.3 Å². The first-order chi connectivity index (χ1) is 13.4. The minimum Gasteiger partial charge on any atom is -0.384 e. The molecule has 142 valence electrons. The van der Waals surface area contributed by atoms with Gasteiger partial charge in [-0.05, 0) is 24.6 Å². The molecule has 2 aromatic carbocycles. The minimum absolute atomic E-state index is 0.0120. The number of fused-ring (bicyclic) bond motifs is 1. The van der Waals surface area contributed by atoms with Gasteiger partial charge in [-0.15, -0.1) is 0 Å².